The van der Waals surface area contributed by atoms with Crippen molar-refractivity contribution in [2.45, 2.75) is 6.92 Å². The van der Waals surface area contributed by atoms with Crippen LogP contribution in [0, 0.1) is 12.7 Å². The molecule has 1 aromatic carbocycles. The first-order valence-corrected chi connectivity index (χ1v) is 6.13. The molecule has 0 spiro atoms. The third-order valence-electron chi connectivity index (χ3n) is 2.85. The van der Waals surface area contributed by atoms with E-state index in [1.807, 2.05) is 0 Å². The number of carbonyl (C=O) groups is 1. The van der Waals surface area contributed by atoms with Crippen LogP contribution < -0.4 is 21.3 Å². The smallest absolute Gasteiger partial charge is 0.259 e. The molecule has 0 aliphatic rings. The first kappa shape index (κ1) is 14.7. The zero-order chi connectivity index (χ0) is 15.4. The van der Waals surface area contributed by atoms with E-state index in [4.69, 9.17) is 10.6 Å². The maximum Gasteiger partial charge on any atom is 0.259 e. The SMILES string of the molecule is COc1cc(F)ccc1NC(=O)c1cnc(C)cc1NN. The molecule has 4 N–H and O–H groups in total. The lowest BCUT2D eigenvalue weighted by Crippen LogP contribution is -2.18. The number of amides is 1. The molecular formula is C14H15FN4O2. The second kappa shape index (κ2) is 6.19. The molecule has 0 unspecified atom stereocenters. The molecule has 0 bridgehead atoms. The highest BCUT2D eigenvalue weighted by Gasteiger charge is 2.14. The number of hydrogen-bond donors (Lipinski definition) is 3. The van der Waals surface area contributed by atoms with Gasteiger partial charge in [0.2, 0.25) is 0 Å². The Kier molecular flexibility index (Phi) is 4.34. The van der Waals surface area contributed by atoms with Gasteiger partial charge in [0, 0.05) is 18.0 Å². The minimum absolute atomic E-state index is 0.227. The third-order valence-corrected chi connectivity index (χ3v) is 2.85. The van der Waals surface area contributed by atoms with E-state index >= 15 is 0 Å². The molecule has 110 valence electrons. The second-order valence-corrected chi connectivity index (χ2v) is 4.31. The van der Waals surface area contributed by atoms with E-state index < -0.39 is 11.7 Å². The first-order chi connectivity index (χ1) is 10.0. The number of hydrazine groups is 1. The molecule has 0 atom stereocenters. The number of pyridine rings is 1. The van der Waals surface area contributed by atoms with Crippen LogP contribution >= 0.6 is 0 Å². The van der Waals surface area contributed by atoms with E-state index in [0.717, 1.165) is 5.69 Å². The van der Waals surface area contributed by atoms with Crippen LogP contribution in [0.15, 0.2) is 30.5 Å². The molecule has 2 aromatic rings. The van der Waals surface area contributed by atoms with E-state index in [1.165, 1.54) is 31.5 Å². The molecule has 6 nitrogen and oxygen atoms in total. The summed E-state index contributed by atoms with van der Waals surface area (Å²) in [6, 6.07) is 5.48. The lowest BCUT2D eigenvalue weighted by Gasteiger charge is -2.12. The van der Waals surface area contributed by atoms with Gasteiger partial charge in [-0.1, -0.05) is 0 Å². The van der Waals surface area contributed by atoms with Crippen molar-refractivity contribution in [1.29, 1.82) is 0 Å². The van der Waals surface area contributed by atoms with E-state index in [2.05, 4.69) is 15.7 Å². The number of carbonyl (C=O) groups excluding carboxylic acids is 1. The van der Waals surface area contributed by atoms with Crippen molar-refractivity contribution < 1.29 is 13.9 Å². The number of nitrogens with one attached hydrogen (secondary N) is 2. The highest BCUT2D eigenvalue weighted by atomic mass is 19.1. The number of rotatable bonds is 4. The molecule has 21 heavy (non-hydrogen) atoms. The van der Waals surface area contributed by atoms with Gasteiger partial charge in [0.1, 0.15) is 11.6 Å². The van der Waals surface area contributed by atoms with Crippen LogP contribution in [0.25, 0.3) is 0 Å². The summed E-state index contributed by atoms with van der Waals surface area (Å²) in [5.41, 5.74) is 4.24. The van der Waals surface area contributed by atoms with E-state index in [1.54, 1.807) is 13.0 Å². The van der Waals surface area contributed by atoms with Crippen LogP contribution in [0.2, 0.25) is 0 Å². The average Bonchev–Trinajstić information content (AvgIpc) is 2.48. The summed E-state index contributed by atoms with van der Waals surface area (Å²) >= 11 is 0. The Bertz CT molecular complexity index is 676. The van der Waals surface area contributed by atoms with Crippen LogP contribution in [0.5, 0.6) is 5.75 Å². The molecule has 1 heterocycles. The number of halogens is 1. The summed E-state index contributed by atoms with van der Waals surface area (Å²) in [4.78, 5) is 16.3. The van der Waals surface area contributed by atoms with Crippen molar-refractivity contribution in [2.75, 3.05) is 17.9 Å². The summed E-state index contributed by atoms with van der Waals surface area (Å²) in [6.07, 6.45) is 1.41. The number of aryl methyl sites for hydroxylation is 1. The van der Waals surface area contributed by atoms with Gasteiger partial charge in [-0.05, 0) is 25.1 Å². The Labute approximate surface area is 121 Å². The molecule has 0 aliphatic heterocycles. The number of nitrogens with two attached hydrogens (primary N) is 1. The van der Waals surface area contributed by atoms with Gasteiger partial charge in [0.05, 0.1) is 24.0 Å². The molecule has 1 amide bonds. The Hall–Kier alpha value is -2.67. The van der Waals surface area contributed by atoms with Crippen molar-refractivity contribution in [3.8, 4) is 5.75 Å². The van der Waals surface area contributed by atoms with Crippen molar-refractivity contribution in [2.24, 2.45) is 5.84 Å². The molecular weight excluding hydrogens is 275 g/mol. The number of anilines is 2. The highest BCUT2D eigenvalue weighted by molar-refractivity contribution is 6.08. The third kappa shape index (κ3) is 3.26. The van der Waals surface area contributed by atoms with Crippen LogP contribution in [-0.2, 0) is 0 Å². The van der Waals surface area contributed by atoms with Gasteiger partial charge in [-0.3, -0.25) is 15.6 Å². The number of hydrogen-bond acceptors (Lipinski definition) is 5. The summed E-state index contributed by atoms with van der Waals surface area (Å²) in [5, 5.41) is 2.63. The zero-order valence-corrected chi connectivity index (χ0v) is 11.6. The monoisotopic (exact) mass is 290 g/mol. The Morgan fingerprint density at radius 2 is 2.10 bits per heavy atom. The lowest BCUT2D eigenvalue weighted by molar-refractivity contribution is 0.102. The molecule has 0 saturated heterocycles. The minimum atomic E-state index is -0.453. The predicted octanol–water partition coefficient (Wildman–Crippen LogP) is 2.08. The van der Waals surface area contributed by atoms with Crippen LogP contribution in [0.1, 0.15) is 16.1 Å². The van der Waals surface area contributed by atoms with Gasteiger partial charge in [-0.15, -0.1) is 0 Å². The van der Waals surface area contributed by atoms with Gasteiger partial charge < -0.3 is 15.5 Å². The van der Waals surface area contributed by atoms with E-state index in [-0.39, 0.29) is 11.3 Å². The Morgan fingerprint density at radius 3 is 2.76 bits per heavy atom. The van der Waals surface area contributed by atoms with Gasteiger partial charge in [0.25, 0.3) is 5.91 Å². The van der Waals surface area contributed by atoms with Crippen molar-refractivity contribution in [1.82, 2.24) is 4.98 Å². The average molecular weight is 290 g/mol. The number of aromatic nitrogens is 1. The number of methoxy groups -OCH3 is 1. The normalized spacial score (nSPS) is 10.1. The fraction of sp³-hybridized carbons (Fsp3) is 0.143. The number of ether oxygens (including phenoxy) is 1. The van der Waals surface area contributed by atoms with Crippen LogP contribution in [0.3, 0.4) is 0 Å². The van der Waals surface area contributed by atoms with Gasteiger partial charge in [0.15, 0.2) is 0 Å². The summed E-state index contributed by atoms with van der Waals surface area (Å²) in [6.45, 7) is 1.78. The van der Waals surface area contributed by atoms with Gasteiger partial charge in [-0.2, -0.15) is 0 Å². The van der Waals surface area contributed by atoms with Crippen LogP contribution in [-0.4, -0.2) is 18.0 Å². The maximum atomic E-state index is 13.1. The number of nitrogens with zero attached hydrogens (tertiary/aromatic N) is 1. The summed E-state index contributed by atoms with van der Waals surface area (Å²) < 4.78 is 18.2. The zero-order valence-electron chi connectivity index (χ0n) is 11.6. The van der Waals surface area contributed by atoms with Crippen molar-refractivity contribution in [3.05, 3.63) is 47.5 Å². The number of benzene rings is 1. The lowest BCUT2D eigenvalue weighted by atomic mass is 10.2. The largest absolute Gasteiger partial charge is 0.494 e. The second-order valence-electron chi connectivity index (χ2n) is 4.31. The highest BCUT2D eigenvalue weighted by Crippen LogP contribution is 2.26. The van der Waals surface area contributed by atoms with Crippen LogP contribution in [0.4, 0.5) is 15.8 Å². The standard InChI is InChI=1S/C14H15FN4O2/c1-8-5-12(19-16)10(7-17-8)14(20)18-11-4-3-9(15)6-13(11)21-2/h3-7H,16H2,1-2H3,(H,17,19)(H,18,20). The van der Waals surface area contributed by atoms with Gasteiger partial charge in [-0.25, -0.2) is 4.39 Å². The fourth-order valence-corrected chi connectivity index (χ4v) is 1.82. The fourth-order valence-electron chi connectivity index (χ4n) is 1.82. The number of nitrogen functional groups attached to an aromatic ring is 1. The topological polar surface area (TPSA) is 89.3 Å². The van der Waals surface area contributed by atoms with Gasteiger partial charge >= 0.3 is 0 Å². The minimum Gasteiger partial charge on any atom is -0.494 e. The Balaban J connectivity index is 2.30. The molecule has 0 aliphatic carbocycles. The van der Waals surface area contributed by atoms with Crippen molar-refractivity contribution >= 4 is 17.3 Å². The quantitative estimate of drug-likeness (QED) is 0.592. The molecule has 2 rings (SSSR count). The first-order valence-electron chi connectivity index (χ1n) is 6.13. The molecule has 0 radical (unpaired) electrons. The molecule has 0 fully saturated rings. The van der Waals surface area contributed by atoms with Crippen molar-refractivity contribution in [3.63, 3.8) is 0 Å². The molecule has 7 heteroatoms. The Morgan fingerprint density at radius 1 is 1.33 bits per heavy atom. The summed E-state index contributed by atoms with van der Waals surface area (Å²) in [7, 11) is 1.39. The molecule has 0 saturated carbocycles. The molecule has 1 aromatic heterocycles. The predicted molar refractivity (Wildman–Crippen MR) is 77.7 cm³/mol. The maximum absolute atomic E-state index is 13.1. The van der Waals surface area contributed by atoms with E-state index in [9.17, 15) is 9.18 Å². The van der Waals surface area contributed by atoms with E-state index in [0.29, 0.717) is 11.4 Å². The summed E-state index contributed by atoms with van der Waals surface area (Å²) in [5.74, 6) is 4.74.